The molecule has 0 bridgehead atoms. The number of benzene rings is 1. The molecule has 0 aromatic heterocycles. The van der Waals surface area contributed by atoms with Gasteiger partial charge in [-0.05, 0) is 23.8 Å². The Kier molecular flexibility index (Phi) is 3.42. The van der Waals surface area contributed by atoms with Gasteiger partial charge in [-0.15, -0.1) is 0 Å². The van der Waals surface area contributed by atoms with E-state index in [4.69, 9.17) is 5.73 Å². The maximum atomic E-state index is 12.7. The summed E-state index contributed by atoms with van der Waals surface area (Å²) in [6.45, 7) is 0. The van der Waals surface area contributed by atoms with E-state index < -0.39 is 0 Å². The van der Waals surface area contributed by atoms with E-state index in [-0.39, 0.29) is 23.4 Å². The summed E-state index contributed by atoms with van der Waals surface area (Å²) in [7, 11) is 0. The number of hydrogen-bond donors (Lipinski definition) is 1. The summed E-state index contributed by atoms with van der Waals surface area (Å²) in [4.78, 5) is 11.0. The Labute approximate surface area is 84.1 Å². The van der Waals surface area contributed by atoms with Crippen molar-refractivity contribution in [2.45, 2.75) is 6.42 Å². The Morgan fingerprint density at radius 1 is 1.54 bits per heavy atom. The molecule has 0 aliphatic carbocycles. The molecule has 0 heterocycles. The summed E-state index contributed by atoms with van der Waals surface area (Å²) >= 11 is 3.03. The van der Waals surface area contributed by atoms with Crippen molar-refractivity contribution < 1.29 is 9.18 Å². The summed E-state index contributed by atoms with van der Waals surface area (Å²) in [6, 6.07) is 4.03. The van der Waals surface area contributed by atoms with Crippen molar-refractivity contribution in [3.05, 3.63) is 29.6 Å². The molecule has 0 amide bonds. The maximum Gasteiger partial charge on any atom is 0.147 e. The van der Waals surface area contributed by atoms with Gasteiger partial charge in [-0.1, -0.05) is 15.9 Å². The first-order valence-corrected chi connectivity index (χ1v) is 4.87. The maximum absolute atomic E-state index is 12.7. The molecule has 0 fully saturated rings. The van der Waals surface area contributed by atoms with Crippen LogP contribution in [0.2, 0.25) is 0 Å². The molecule has 0 aliphatic rings. The van der Waals surface area contributed by atoms with E-state index in [1.807, 2.05) is 0 Å². The van der Waals surface area contributed by atoms with Gasteiger partial charge in [0.1, 0.15) is 11.6 Å². The zero-order valence-electron chi connectivity index (χ0n) is 6.89. The van der Waals surface area contributed by atoms with Crippen LogP contribution in [0.15, 0.2) is 18.2 Å². The van der Waals surface area contributed by atoms with Crippen LogP contribution in [0, 0.1) is 5.82 Å². The molecular weight excluding hydrogens is 237 g/mol. The van der Waals surface area contributed by atoms with E-state index in [9.17, 15) is 9.18 Å². The second kappa shape index (κ2) is 4.37. The number of hydrogen-bond acceptors (Lipinski definition) is 2. The largest absolute Gasteiger partial charge is 0.398 e. The molecule has 2 N–H and O–H groups in total. The van der Waals surface area contributed by atoms with Crippen LogP contribution in [0.5, 0.6) is 0 Å². The third-order valence-corrected chi connectivity index (χ3v) is 2.27. The zero-order chi connectivity index (χ0) is 9.84. The van der Waals surface area contributed by atoms with Gasteiger partial charge in [0, 0.05) is 12.1 Å². The van der Waals surface area contributed by atoms with Crippen LogP contribution >= 0.6 is 15.9 Å². The molecule has 1 aromatic rings. The Bertz CT molecular complexity index is 327. The lowest BCUT2D eigenvalue weighted by molar-refractivity contribution is -0.115. The SMILES string of the molecule is Nc1ccc(F)cc1CC(=O)CBr. The van der Waals surface area contributed by atoms with Crippen molar-refractivity contribution in [1.29, 1.82) is 0 Å². The van der Waals surface area contributed by atoms with Gasteiger partial charge in [0.15, 0.2) is 0 Å². The first-order chi connectivity index (χ1) is 6.13. The third kappa shape index (κ3) is 2.81. The second-order valence-electron chi connectivity index (χ2n) is 2.69. The number of ketones is 1. The number of carbonyl (C=O) groups excluding carboxylic acids is 1. The number of halogens is 2. The van der Waals surface area contributed by atoms with Crippen molar-refractivity contribution in [3.63, 3.8) is 0 Å². The minimum absolute atomic E-state index is 0.0164. The monoisotopic (exact) mass is 245 g/mol. The quantitative estimate of drug-likeness (QED) is 0.654. The fourth-order valence-corrected chi connectivity index (χ4v) is 1.19. The molecular formula is C9H9BrFNO. The van der Waals surface area contributed by atoms with E-state index in [1.165, 1.54) is 18.2 Å². The summed E-state index contributed by atoms with van der Waals surface area (Å²) in [5, 5.41) is 0.267. The van der Waals surface area contributed by atoms with Gasteiger partial charge < -0.3 is 5.73 Å². The van der Waals surface area contributed by atoms with Gasteiger partial charge in [-0.2, -0.15) is 0 Å². The van der Waals surface area contributed by atoms with Crippen LogP contribution < -0.4 is 5.73 Å². The molecule has 2 nitrogen and oxygen atoms in total. The smallest absolute Gasteiger partial charge is 0.147 e. The number of alkyl halides is 1. The van der Waals surface area contributed by atoms with Crippen LogP contribution in [-0.2, 0) is 11.2 Å². The normalized spacial score (nSPS) is 10.0. The Morgan fingerprint density at radius 3 is 2.85 bits per heavy atom. The van der Waals surface area contributed by atoms with E-state index in [0.717, 1.165) is 0 Å². The molecule has 0 saturated carbocycles. The number of Topliss-reactive ketones (excluding diaryl/α,β-unsaturated/α-hetero) is 1. The van der Waals surface area contributed by atoms with Gasteiger partial charge in [0.2, 0.25) is 0 Å². The van der Waals surface area contributed by atoms with Crippen LogP contribution in [0.3, 0.4) is 0 Å². The molecule has 0 unspecified atom stereocenters. The van der Waals surface area contributed by atoms with Gasteiger partial charge >= 0.3 is 0 Å². The molecule has 0 aliphatic heterocycles. The predicted molar refractivity (Wildman–Crippen MR) is 53.3 cm³/mol. The molecule has 70 valence electrons. The second-order valence-corrected chi connectivity index (χ2v) is 3.25. The van der Waals surface area contributed by atoms with E-state index in [2.05, 4.69) is 15.9 Å². The molecule has 0 saturated heterocycles. The van der Waals surface area contributed by atoms with E-state index in [0.29, 0.717) is 11.3 Å². The standard InChI is InChI=1S/C9H9BrFNO/c10-5-8(13)4-6-3-7(11)1-2-9(6)12/h1-3H,4-5,12H2. The van der Waals surface area contributed by atoms with Crippen molar-refractivity contribution in [3.8, 4) is 0 Å². The molecule has 0 spiro atoms. The van der Waals surface area contributed by atoms with Gasteiger partial charge in [-0.3, -0.25) is 4.79 Å². The predicted octanol–water partition coefficient (Wildman–Crippen LogP) is 1.91. The molecule has 0 radical (unpaired) electrons. The van der Waals surface area contributed by atoms with Crippen molar-refractivity contribution in [1.82, 2.24) is 0 Å². The molecule has 0 atom stereocenters. The fraction of sp³-hybridized carbons (Fsp3) is 0.222. The Morgan fingerprint density at radius 2 is 2.23 bits per heavy atom. The lowest BCUT2D eigenvalue weighted by Gasteiger charge is -2.03. The first kappa shape index (κ1) is 10.2. The van der Waals surface area contributed by atoms with Crippen molar-refractivity contribution in [2.75, 3.05) is 11.1 Å². The van der Waals surface area contributed by atoms with E-state index in [1.54, 1.807) is 0 Å². The fourth-order valence-electron chi connectivity index (χ4n) is 0.987. The minimum Gasteiger partial charge on any atom is -0.398 e. The average Bonchev–Trinajstić information content (AvgIpc) is 2.11. The number of rotatable bonds is 3. The first-order valence-electron chi connectivity index (χ1n) is 3.75. The summed E-state index contributed by atoms with van der Waals surface area (Å²) in [5.41, 5.74) is 6.56. The van der Waals surface area contributed by atoms with Crippen molar-refractivity contribution >= 4 is 27.4 Å². The highest BCUT2D eigenvalue weighted by atomic mass is 79.9. The average molecular weight is 246 g/mol. The Balaban J connectivity index is 2.87. The molecule has 1 aromatic carbocycles. The highest BCUT2D eigenvalue weighted by molar-refractivity contribution is 9.09. The number of nitrogens with two attached hydrogens (primary N) is 1. The lowest BCUT2D eigenvalue weighted by Crippen LogP contribution is -2.06. The summed E-state index contributed by atoms with van der Waals surface area (Å²) < 4.78 is 12.7. The minimum atomic E-state index is -0.369. The molecule has 4 heteroatoms. The number of nitrogen functional groups attached to an aromatic ring is 1. The number of carbonyl (C=O) groups is 1. The van der Waals surface area contributed by atoms with Gasteiger partial charge in [0.25, 0.3) is 0 Å². The van der Waals surface area contributed by atoms with Gasteiger partial charge in [0.05, 0.1) is 5.33 Å². The third-order valence-electron chi connectivity index (χ3n) is 1.64. The Hall–Kier alpha value is -0.900. The van der Waals surface area contributed by atoms with Crippen LogP contribution in [0.1, 0.15) is 5.56 Å². The zero-order valence-corrected chi connectivity index (χ0v) is 8.47. The van der Waals surface area contributed by atoms with E-state index >= 15 is 0 Å². The number of anilines is 1. The van der Waals surface area contributed by atoms with Crippen LogP contribution in [0.25, 0.3) is 0 Å². The molecule has 1 rings (SSSR count). The summed E-state index contributed by atoms with van der Waals surface area (Å²) in [5.74, 6) is -0.385. The topological polar surface area (TPSA) is 43.1 Å². The molecule has 13 heavy (non-hydrogen) atoms. The highest BCUT2D eigenvalue weighted by Crippen LogP contribution is 2.14. The van der Waals surface area contributed by atoms with Crippen molar-refractivity contribution in [2.24, 2.45) is 0 Å². The van der Waals surface area contributed by atoms with Crippen LogP contribution in [0.4, 0.5) is 10.1 Å². The lowest BCUT2D eigenvalue weighted by atomic mass is 10.1. The summed E-state index contributed by atoms with van der Waals surface area (Å²) in [6.07, 6.45) is 0.175. The van der Waals surface area contributed by atoms with Gasteiger partial charge in [-0.25, -0.2) is 4.39 Å². The highest BCUT2D eigenvalue weighted by Gasteiger charge is 2.06. The van der Waals surface area contributed by atoms with Crippen LogP contribution in [-0.4, -0.2) is 11.1 Å².